The van der Waals surface area contributed by atoms with Gasteiger partial charge in [-0.05, 0) is 18.8 Å². The van der Waals surface area contributed by atoms with E-state index in [-0.39, 0.29) is 18.6 Å². The molecule has 132 valence electrons. The molecular weight excluding hydrogens is 294 g/mol. The predicted molar refractivity (Wildman–Crippen MR) is 88.3 cm³/mol. The van der Waals surface area contributed by atoms with Crippen LogP contribution in [0.1, 0.15) is 32.1 Å². The van der Waals surface area contributed by atoms with Crippen molar-refractivity contribution >= 4 is 6.03 Å². The van der Waals surface area contributed by atoms with Crippen LogP contribution >= 0.6 is 0 Å². The maximum atomic E-state index is 12.5. The van der Waals surface area contributed by atoms with Gasteiger partial charge in [-0.2, -0.15) is 0 Å². The lowest BCUT2D eigenvalue weighted by Crippen LogP contribution is -2.45. The van der Waals surface area contributed by atoms with Crippen molar-refractivity contribution in [3.63, 3.8) is 0 Å². The molecule has 23 heavy (non-hydrogen) atoms. The topological polar surface area (TPSA) is 65.0 Å². The van der Waals surface area contributed by atoms with Crippen LogP contribution in [0.2, 0.25) is 0 Å². The van der Waals surface area contributed by atoms with Crippen molar-refractivity contribution in [1.82, 2.24) is 15.1 Å². The number of nitrogens with one attached hydrogen (secondary N) is 1. The SMILES string of the molecule is O=C(NC1CCCCC1)N1CC(CO)C(CN2CCOCC2)C1. The number of aliphatic hydroxyl groups excluding tert-OH is 1. The zero-order chi connectivity index (χ0) is 16.1. The highest BCUT2D eigenvalue weighted by molar-refractivity contribution is 5.74. The first-order valence-corrected chi connectivity index (χ1v) is 9.22. The third-order valence-electron chi connectivity index (χ3n) is 5.63. The molecule has 2 N–H and O–H groups in total. The van der Waals surface area contributed by atoms with Gasteiger partial charge in [-0.15, -0.1) is 0 Å². The molecule has 2 heterocycles. The molecule has 3 rings (SSSR count). The first kappa shape index (κ1) is 17.0. The molecule has 0 spiro atoms. The average Bonchev–Trinajstić information content (AvgIpc) is 3.00. The molecule has 2 unspecified atom stereocenters. The summed E-state index contributed by atoms with van der Waals surface area (Å²) in [6, 6.07) is 0.418. The van der Waals surface area contributed by atoms with E-state index in [9.17, 15) is 9.90 Å². The van der Waals surface area contributed by atoms with Crippen LogP contribution in [0.5, 0.6) is 0 Å². The summed E-state index contributed by atoms with van der Waals surface area (Å²) in [6.07, 6.45) is 5.97. The third kappa shape index (κ3) is 4.58. The van der Waals surface area contributed by atoms with E-state index in [2.05, 4.69) is 10.2 Å². The van der Waals surface area contributed by atoms with E-state index in [0.717, 1.165) is 52.2 Å². The van der Waals surface area contributed by atoms with E-state index in [1.54, 1.807) is 0 Å². The molecule has 0 aromatic carbocycles. The van der Waals surface area contributed by atoms with Crippen LogP contribution in [0.25, 0.3) is 0 Å². The summed E-state index contributed by atoms with van der Waals surface area (Å²) in [5, 5.41) is 12.9. The normalized spacial score (nSPS) is 30.6. The van der Waals surface area contributed by atoms with Crippen molar-refractivity contribution < 1.29 is 14.6 Å². The lowest BCUT2D eigenvalue weighted by atomic mass is 9.96. The number of urea groups is 1. The summed E-state index contributed by atoms with van der Waals surface area (Å²) in [5.74, 6) is 0.574. The summed E-state index contributed by atoms with van der Waals surface area (Å²) < 4.78 is 5.40. The first-order valence-electron chi connectivity index (χ1n) is 9.22. The van der Waals surface area contributed by atoms with Crippen molar-refractivity contribution in [3.05, 3.63) is 0 Å². The largest absolute Gasteiger partial charge is 0.396 e. The van der Waals surface area contributed by atoms with Crippen molar-refractivity contribution in [2.45, 2.75) is 38.1 Å². The molecule has 0 radical (unpaired) electrons. The molecule has 6 heteroatoms. The van der Waals surface area contributed by atoms with E-state index in [0.29, 0.717) is 18.5 Å². The number of nitrogens with zero attached hydrogens (tertiary/aromatic N) is 2. The van der Waals surface area contributed by atoms with Crippen LogP contribution in [0.3, 0.4) is 0 Å². The van der Waals surface area contributed by atoms with Gasteiger partial charge >= 0.3 is 6.03 Å². The summed E-state index contributed by atoms with van der Waals surface area (Å²) in [6.45, 7) is 6.09. The van der Waals surface area contributed by atoms with Crippen LogP contribution in [0.4, 0.5) is 4.79 Å². The zero-order valence-corrected chi connectivity index (χ0v) is 14.1. The van der Waals surface area contributed by atoms with E-state index >= 15 is 0 Å². The number of hydrogen-bond acceptors (Lipinski definition) is 4. The number of aliphatic hydroxyl groups is 1. The minimum atomic E-state index is 0.0693. The lowest BCUT2D eigenvalue weighted by Gasteiger charge is -2.30. The maximum absolute atomic E-state index is 12.5. The summed E-state index contributed by atoms with van der Waals surface area (Å²) >= 11 is 0. The van der Waals surface area contributed by atoms with Gasteiger partial charge in [0.05, 0.1) is 13.2 Å². The minimum Gasteiger partial charge on any atom is -0.396 e. The fourth-order valence-electron chi connectivity index (χ4n) is 4.15. The second-order valence-corrected chi connectivity index (χ2v) is 7.31. The Morgan fingerprint density at radius 3 is 2.48 bits per heavy atom. The molecule has 0 aromatic rings. The summed E-state index contributed by atoms with van der Waals surface area (Å²) in [4.78, 5) is 16.8. The van der Waals surface area contributed by atoms with E-state index in [1.807, 2.05) is 4.90 Å². The Bertz CT molecular complexity index is 381. The third-order valence-corrected chi connectivity index (χ3v) is 5.63. The van der Waals surface area contributed by atoms with E-state index in [1.165, 1.54) is 19.3 Å². The predicted octanol–water partition coefficient (Wildman–Crippen LogP) is 0.901. The maximum Gasteiger partial charge on any atom is 0.317 e. The van der Waals surface area contributed by atoms with Crippen LogP contribution in [-0.2, 0) is 4.74 Å². The summed E-state index contributed by atoms with van der Waals surface area (Å²) in [5.41, 5.74) is 0. The molecule has 6 nitrogen and oxygen atoms in total. The summed E-state index contributed by atoms with van der Waals surface area (Å²) in [7, 11) is 0. The van der Waals surface area contributed by atoms with Crippen LogP contribution < -0.4 is 5.32 Å². The Balaban J connectivity index is 1.49. The van der Waals surface area contributed by atoms with Crippen molar-refractivity contribution in [1.29, 1.82) is 0 Å². The molecule has 0 aromatic heterocycles. The monoisotopic (exact) mass is 325 g/mol. The molecule has 1 saturated carbocycles. The van der Waals surface area contributed by atoms with Gasteiger partial charge in [0.25, 0.3) is 0 Å². The van der Waals surface area contributed by atoms with Crippen LogP contribution in [-0.4, -0.2) is 79.5 Å². The Morgan fingerprint density at radius 2 is 1.78 bits per heavy atom. The quantitative estimate of drug-likeness (QED) is 0.806. The van der Waals surface area contributed by atoms with Gasteiger partial charge in [0.2, 0.25) is 0 Å². The highest BCUT2D eigenvalue weighted by Gasteiger charge is 2.36. The Morgan fingerprint density at radius 1 is 1.09 bits per heavy atom. The molecule has 2 amide bonds. The fraction of sp³-hybridized carbons (Fsp3) is 0.941. The number of ether oxygens (including phenoxy) is 1. The minimum absolute atomic E-state index is 0.0693. The van der Waals surface area contributed by atoms with Crippen LogP contribution in [0, 0.1) is 11.8 Å². The number of rotatable bonds is 4. The number of hydrogen-bond donors (Lipinski definition) is 2. The van der Waals surface area contributed by atoms with Gasteiger partial charge in [-0.1, -0.05) is 19.3 Å². The second kappa shape index (κ2) is 8.31. The lowest BCUT2D eigenvalue weighted by molar-refractivity contribution is 0.0265. The average molecular weight is 325 g/mol. The molecule has 3 fully saturated rings. The van der Waals surface area contributed by atoms with Gasteiger partial charge in [0, 0.05) is 51.3 Å². The van der Waals surface area contributed by atoms with Gasteiger partial charge in [-0.25, -0.2) is 4.79 Å². The van der Waals surface area contributed by atoms with Crippen molar-refractivity contribution in [3.8, 4) is 0 Å². The number of amides is 2. The Kier molecular flexibility index (Phi) is 6.14. The van der Waals surface area contributed by atoms with Crippen LogP contribution in [0.15, 0.2) is 0 Å². The molecule has 2 saturated heterocycles. The smallest absolute Gasteiger partial charge is 0.317 e. The number of carbonyl (C=O) groups is 1. The molecule has 1 aliphatic carbocycles. The van der Waals surface area contributed by atoms with Gasteiger partial charge in [0.15, 0.2) is 0 Å². The highest BCUT2D eigenvalue weighted by Crippen LogP contribution is 2.25. The number of carbonyl (C=O) groups excluding carboxylic acids is 1. The molecule has 2 atom stereocenters. The molecule has 3 aliphatic rings. The van der Waals surface area contributed by atoms with Gasteiger partial charge in [-0.3, -0.25) is 4.90 Å². The van der Waals surface area contributed by atoms with E-state index < -0.39 is 0 Å². The zero-order valence-electron chi connectivity index (χ0n) is 14.1. The number of likely N-dealkylation sites (tertiary alicyclic amines) is 1. The standard InChI is InChI=1S/C17H31N3O3/c21-13-15-12-20(17(22)18-16-4-2-1-3-5-16)11-14(15)10-19-6-8-23-9-7-19/h14-16,21H,1-13H2,(H,18,22). The first-order chi connectivity index (χ1) is 11.3. The fourth-order valence-corrected chi connectivity index (χ4v) is 4.15. The second-order valence-electron chi connectivity index (χ2n) is 7.31. The Labute approximate surface area is 139 Å². The number of morpholine rings is 1. The van der Waals surface area contributed by atoms with Gasteiger partial charge < -0.3 is 20.1 Å². The van der Waals surface area contributed by atoms with E-state index in [4.69, 9.17) is 4.74 Å². The Hall–Kier alpha value is -0.850. The van der Waals surface area contributed by atoms with Crippen molar-refractivity contribution in [2.75, 3.05) is 52.5 Å². The molecular formula is C17H31N3O3. The molecule has 0 bridgehead atoms. The molecule has 2 aliphatic heterocycles. The highest BCUT2D eigenvalue weighted by atomic mass is 16.5. The van der Waals surface area contributed by atoms with Gasteiger partial charge in [0.1, 0.15) is 0 Å². The van der Waals surface area contributed by atoms with Crippen molar-refractivity contribution in [2.24, 2.45) is 11.8 Å².